The first-order valence-corrected chi connectivity index (χ1v) is 7.23. The van der Waals surface area contributed by atoms with Gasteiger partial charge in [0.05, 0.1) is 24.0 Å². The minimum absolute atomic E-state index is 0.110. The number of fused-ring (bicyclic) bond motifs is 5. The van der Waals surface area contributed by atoms with Crippen LogP contribution in [-0.4, -0.2) is 29.1 Å². The molecule has 2 amide bonds. The zero-order chi connectivity index (χ0) is 15.4. The SMILES string of the molecule is O=C1[C@@H]2[C@H](C(=O)N1OCc1c(F)cccc1Cl)[C@@H]1C=C[C@H]2O1. The van der Waals surface area contributed by atoms with Gasteiger partial charge in [0.25, 0.3) is 11.8 Å². The highest BCUT2D eigenvalue weighted by molar-refractivity contribution is 6.31. The Bertz CT molecular complexity index is 657. The lowest BCUT2D eigenvalue weighted by molar-refractivity contribution is -0.195. The van der Waals surface area contributed by atoms with Gasteiger partial charge in [0, 0.05) is 10.6 Å². The third-order valence-corrected chi connectivity index (χ3v) is 4.62. The zero-order valence-electron chi connectivity index (χ0n) is 11.2. The molecule has 0 unspecified atom stereocenters. The number of benzene rings is 1. The van der Waals surface area contributed by atoms with Crippen LogP contribution in [0, 0.1) is 17.7 Å². The minimum atomic E-state index is -0.545. The van der Waals surface area contributed by atoms with Crippen molar-refractivity contribution >= 4 is 23.4 Å². The number of rotatable bonds is 3. The van der Waals surface area contributed by atoms with Gasteiger partial charge in [-0.25, -0.2) is 4.39 Å². The summed E-state index contributed by atoms with van der Waals surface area (Å²) in [7, 11) is 0. The van der Waals surface area contributed by atoms with E-state index < -0.39 is 29.5 Å². The fraction of sp³-hybridized carbons (Fsp3) is 0.333. The van der Waals surface area contributed by atoms with Crippen LogP contribution in [0.15, 0.2) is 30.4 Å². The van der Waals surface area contributed by atoms with E-state index in [1.54, 1.807) is 12.2 Å². The van der Waals surface area contributed by atoms with Gasteiger partial charge < -0.3 is 4.74 Å². The maximum absolute atomic E-state index is 13.7. The molecule has 0 saturated carbocycles. The first kappa shape index (κ1) is 13.9. The van der Waals surface area contributed by atoms with Crippen LogP contribution in [0.25, 0.3) is 0 Å². The van der Waals surface area contributed by atoms with Crippen molar-refractivity contribution in [1.82, 2.24) is 5.06 Å². The molecule has 7 heteroatoms. The topological polar surface area (TPSA) is 55.8 Å². The zero-order valence-corrected chi connectivity index (χ0v) is 12.0. The van der Waals surface area contributed by atoms with Crippen molar-refractivity contribution in [3.05, 3.63) is 46.8 Å². The van der Waals surface area contributed by atoms with Crippen molar-refractivity contribution in [3.8, 4) is 0 Å². The average molecular weight is 324 g/mol. The van der Waals surface area contributed by atoms with E-state index in [1.165, 1.54) is 18.2 Å². The van der Waals surface area contributed by atoms with Gasteiger partial charge in [-0.15, -0.1) is 0 Å². The van der Waals surface area contributed by atoms with Crippen LogP contribution in [0.4, 0.5) is 4.39 Å². The first-order chi connectivity index (χ1) is 10.6. The Morgan fingerprint density at radius 3 is 2.41 bits per heavy atom. The van der Waals surface area contributed by atoms with Crippen LogP contribution in [0.3, 0.4) is 0 Å². The average Bonchev–Trinajstić information content (AvgIpc) is 3.15. The van der Waals surface area contributed by atoms with Crippen molar-refractivity contribution in [2.75, 3.05) is 0 Å². The van der Waals surface area contributed by atoms with Gasteiger partial charge in [-0.2, -0.15) is 5.06 Å². The molecular weight excluding hydrogens is 313 g/mol. The number of halogens is 2. The number of carbonyl (C=O) groups is 2. The Balaban J connectivity index is 1.53. The summed E-state index contributed by atoms with van der Waals surface area (Å²) in [6.07, 6.45) is 2.82. The van der Waals surface area contributed by atoms with E-state index in [-0.39, 0.29) is 29.4 Å². The maximum Gasteiger partial charge on any atom is 0.260 e. The molecule has 0 spiro atoms. The van der Waals surface area contributed by atoms with Crippen molar-refractivity contribution in [3.63, 3.8) is 0 Å². The van der Waals surface area contributed by atoms with E-state index >= 15 is 0 Å². The van der Waals surface area contributed by atoms with E-state index in [9.17, 15) is 14.0 Å². The smallest absolute Gasteiger partial charge is 0.260 e. The summed E-state index contributed by atoms with van der Waals surface area (Å²) in [6.45, 7) is -0.286. The first-order valence-electron chi connectivity index (χ1n) is 6.85. The standard InChI is InChI=1S/C15H11ClFNO4/c16-8-2-1-3-9(17)7(8)6-21-18-14(19)12-10-4-5-11(22-10)13(12)15(18)20/h1-5,10-13H,6H2/t10-,11+,12+,13-. The van der Waals surface area contributed by atoms with Gasteiger partial charge >= 0.3 is 0 Å². The molecule has 4 atom stereocenters. The van der Waals surface area contributed by atoms with Crippen LogP contribution < -0.4 is 0 Å². The minimum Gasteiger partial charge on any atom is -0.365 e. The van der Waals surface area contributed by atoms with Crippen LogP contribution in [0.2, 0.25) is 5.02 Å². The number of hydrogen-bond acceptors (Lipinski definition) is 4. The molecule has 0 aromatic heterocycles. The van der Waals surface area contributed by atoms with E-state index in [0.29, 0.717) is 0 Å². The second-order valence-electron chi connectivity index (χ2n) is 5.45. The van der Waals surface area contributed by atoms with Crippen molar-refractivity contribution in [1.29, 1.82) is 0 Å². The Morgan fingerprint density at radius 2 is 1.82 bits per heavy atom. The summed E-state index contributed by atoms with van der Waals surface area (Å²) in [5.41, 5.74) is 0.110. The highest BCUT2D eigenvalue weighted by atomic mass is 35.5. The fourth-order valence-corrected chi connectivity index (χ4v) is 3.42. The highest BCUT2D eigenvalue weighted by Crippen LogP contribution is 2.45. The van der Waals surface area contributed by atoms with Crippen LogP contribution >= 0.6 is 11.6 Å². The molecule has 3 heterocycles. The lowest BCUT2D eigenvalue weighted by Crippen LogP contribution is -2.34. The molecule has 3 aliphatic rings. The molecule has 22 heavy (non-hydrogen) atoms. The third-order valence-electron chi connectivity index (χ3n) is 4.27. The third kappa shape index (κ3) is 1.84. The molecule has 4 rings (SSSR count). The summed E-state index contributed by atoms with van der Waals surface area (Å²) in [5, 5.41) is 0.914. The van der Waals surface area contributed by atoms with Crippen molar-refractivity contribution in [2.24, 2.45) is 11.8 Å². The number of amides is 2. The van der Waals surface area contributed by atoms with Gasteiger partial charge in [0.15, 0.2) is 0 Å². The van der Waals surface area contributed by atoms with Crippen molar-refractivity contribution in [2.45, 2.75) is 18.8 Å². The molecular formula is C15H11ClFNO4. The highest BCUT2D eigenvalue weighted by Gasteiger charge is 2.61. The molecule has 0 radical (unpaired) electrons. The van der Waals surface area contributed by atoms with Gasteiger partial charge in [-0.1, -0.05) is 29.8 Å². The Labute approximate surface area is 130 Å². The number of hydrogen-bond donors (Lipinski definition) is 0. The number of ether oxygens (including phenoxy) is 1. The maximum atomic E-state index is 13.7. The largest absolute Gasteiger partial charge is 0.365 e. The second-order valence-corrected chi connectivity index (χ2v) is 5.85. The molecule has 2 saturated heterocycles. The quantitative estimate of drug-likeness (QED) is 0.629. The Morgan fingerprint density at radius 1 is 1.18 bits per heavy atom. The summed E-state index contributed by atoms with van der Waals surface area (Å²) < 4.78 is 19.2. The van der Waals surface area contributed by atoms with E-state index in [2.05, 4.69) is 0 Å². The molecule has 3 aliphatic heterocycles. The van der Waals surface area contributed by atoms with Gasteiger partial charge in [-0.05, 0) is 12.1 Å². The molecule has 0 N–H and O–H groups in total. The van der Waals surface area contributed by atoms with E-state index in [0.717, 1.165) is 5.06 Å². The summed E-state index contributed by atoms with van der Waals surface area (Å²) in [6, 6.07) is 4.23. The molecule has 1 aromatic carbocycles. The van der Waals surface area contributed by atoms with Gasteiger partial charge in [-0.3, -0.25) is 14.4 Å². The molecule has 5 nitrogen and oxygen atoms in total. The van der Waals surface area contributed by atoms with E-state index in [4.69, 9.17) is 21.2 Å². The number of hydroxylamine groups is 2. The molecule has 114 valence electrons. The molecule has 2 fully saturated rings. The monoisotopic (exact) mass is 323 g/mol. The Hall–Kier alpha value is -1.76. The summed E-state index contributed by atoms with van der Waals surface area (Å²) >= 11 is 5.90. The van der Waals surface area contributed by atoms with Crippen molar-refractivity contribution < 1.29 is 23.6 Å². The lowest BCUT2D eigenvalue weighted by Gasteiger charge is -2.17. The number of nitrogens with zero attached hydrogens (tertiary/aromatic N) is 1. The predicted molar refractivity (Wildman–Crippen MR) is 72.8 cm³/mol. The normalized spacial score (nSPS) is 32.2. The number of carbonyl (C=O) groups excluding carboxylic acids is 2. The van der Waals surface area contributed by atoms with Crippen LogP contribution in [0.5, 0.6) is 0 Å². The second kappa shape index (κ2) is 4.87. The molecule has 1 aromatic rings. The van der Waals surface area contributed by atoms with Crippen LogP contribution in [0.1, 0.15) is 5.56 Å². The Kier molecular flexibility index (Phi) is 3.07. The van der Waals surface area contributed by atoms with E-state index in [1.807, 2.05) is 0 Å². The van der Waals surface area contributed by atoms with Gasteiger partial charge in [0.1, 0.15) is 12.4 Å². The predicted octanol–water partition coefficient (Wildman–Crippen LogP) is 1.85. The fourth-order valence-electron chi connectivity index (χ4n) is 3.20. The lowest BCUT2D eigenvalue weighted by atomic mass is 9.85. The summed E-state index contributed by atoms with van der Waals surface area (Å²) in [4.78, 5) is 29.9. The number of imide groups is 1. The van der Waals surface area contributed by atoms with Crippen LogP contribution in [-0.2, 0) is 25.8 Å². The van der Waals surface area contributed by atoms with Gasteiger partial charge in [0.2, 0.25) is 0 Å². The molecule has 2 bridgehead atoms. The molecule has 0 aliphatic carbocycles. The summed E-state index contributed by atoms with van der Waals surface area (Å²) in [5.74, 6) is -2.52.